The molecule has 33 heavy (non-hydrogen) atoms. The summed E-state index contributed by atoms with van der Waals surface area (Å²) in [4.78, 5) is 26.8. The van der Waals surface area contributed by atoms with Crippen molar-refractivity contribution in [3.8, 4) is 5.75 Å². The first-order chi connectivity index (χ1) is 16.0. The third-order valence-corrected chi connectivity index (χ3v) is 6.87. The van der Waals surface area contributed by atoms with E-state index in [0.717, 1.165) is 48.1 Å². The number of rotatable bonds is 8. The summed E-state index contributed by atoms with van der Waals surface area (Å²) >= 11 is 7.63. The number of nitrogens with zero attached hydrogens (tertiary/aromatic N) is 2. The molecule has 0 bridgehead atoms. The van der Waals surface area contributed by atoms with Gasteiger partial charge in [0.25, 0.3) is 5.91 Å². The molecule has 9 heteroatoms. The molecule has 0 saturated carbocycles. The smallest absolute Gasteiger partial charge is 0.341 e. The van der Waals surface area contributed by atoms with E-state index >= 15 is 0 Å². The fourth-order valence-corrected chi connectivity index (χ4v) is 5.16. The second kappa shape index (κ2) is 10.4. The lowest BCUT2D eigenvalue weighted by Gasteiger charge is -2.12. The third kappa shape index (κ3) is 5.39. The van der Waals surface area contributed by atoms with E-state index in [2.05, 4.69) is 10.4 Å². The van der Waals surface area contributed by atoms with E-state index in [-0.39, 0.29) is 24.3 Å². The fourth-order valence-electron chi connectivity index (χ4n) is 3.72. The lowest BCUT2D eigenvalue weighted by molar-refractivity contribution is 0.0505. The number of hydrogen-bond donors (Lipinski definition) is 1. The first-order valence-electron chi connectivity index (χ1n) is 11.0. The summed E-state index contributed by atoms with van der Waals surface area (Å²) in [5, 5.41) is 8.23. The summed E-state index contributed by atoms with van der Waals surface area (Å²) in [6.45, 7) is 4.37. The van der Waals surface area contributed by atoms with Gasteiger partial charge in [-0.1, -0.05) is 24.6 Å². The molecule has 4 rings (SSSR count). The Bertz CT molecular complexity index is 1170. The van der Waals surface area contributed by atoms with Crippen molar-refractivity contribution in [3.63, 3.8) is 0 Å². The van der Waals surface area contributed by atoms with Crippen LogP contribution in [-0.2, 0) is 24.3 Å². The van der Waals surface area contributed by atoms with Crippen LogP contribution in [0.15, 0.2) is 30.5 Å². The Kier molecular flexibility index (Phi) is 7.35. The maximum absolute atomic E-state index is 12.9. The molecule has 0 fully saturated rings. The van der Waals surface area contributed by atoms with Gasteiger partial charge in [0.05, 0.1) is 17.2 Å². The molecule has 0 spiro atoms. The summed E-state index contributed by atoms with van der Waals surface area (Å²) in [6, 6.07) is 7.13. The highest BCUT2D eigenvalue weighted by Crippen LogP contribution is 2.38. The fraction of sp³-hybridized carbons (Fsp3) is 0.375. The normalized spacial score (nSPS) is 12.8. The molecule has 1 aromatic carbocycles. The molecule has 0 saturated heterocycles. The minimum absolute atomic E-state index is 0.109. The number of hydrogen-bond acceptors (Lipinski definition) is 6. The Labute approximate surface area is 201 Å². The highest BCUT2D eigenvalue weighted by Gasteiger charge is 2.28. The van der Waals surface area contributed by atoms with E-state index in [4.69, 9.17) is 21.1 Å². The standard InChI is InChI=1S/C24H26ClN3O4S/c1-3-12-31-24(30)21-16-6-4-5-7-20(16)33-23(21)26-22(29)18-10-11-28(27-18)14-32-19-13-15(2)8-9-17(19)25/h8-11,13H,3-7,12,14H2,1-2H3,(H,26,29). The maximum atomic E-state index is 12.9. The van der Waals surface area contributed by atoms with Crippen LogP contribution in [0.25, 0.3) is 0 Å². The molecule has 1 aliphatic carbocycles. The van der Waals surface area contributed by atoms with Crippen molar-refractivity contribution in [3.05, 3.63) is 62.7 Å². The molecule has 0 aliphatic heterocycles. The number of thiophene rings is 1. The van der Waals surface area contributed by atoms with Gasteiger partial charge in [-0.3, -0.25) is 4.79 Å². The number of nitrogens with one attached hydrogen (secondary N) is 1. The van der Waals surface area contributed by atoms with Crippen molar-refractivity contribution in [1.82, 2.24) is 9.78 Å². The van der Waals surface area contributed by atoms with Crippen molar-refractivity contribution in [2.24, 2.45) is 0 Å². The molecule has 174 valence electrons. The summed E-state index contributed by atoms with van der Waals surface area (Å²) in [5.74, 6) is -0.205. The second-order valence-corrected chi connectivity index (χ2v) is 9.47. The lowest BCUT2D eigenvalue weighted by Crippen LogP contribution is -2.17. The molecule has 0 radical (unpaired) electrons. The van der Waals surface area contributed by atoms with Crippen LogP contribution in [-0.4, -0.2) is 28.3 Å². The average Bonchev–Trinajstić information content (AvgIpc) is 3.42. The number of carbonyl (C=O) groups is 2. The van der Waals surface area contributed by atoms with E-state index in [9.17, 15) is 9.59 Å². The van der Waals surface area contributed by atoms with Crippen molar-refractivity contribution in [2.75, 3.05) is 11.9 Å². The number of esters is 1. The van der Waals surface area contributed by atoms with Gasteiger partial charge < -0.3 is 14.8 Å². The molecule has 2 aromatic heterocycles. The number of halogens is 1. The van der Waals surface area contributed by atoms with Gasteiger partial charge >= 0.3 is 5.97 Å². The van der Waals surface area contributed by atoms with Gasteiger partial charge in [0, 0.05) is 11.1 Å². The topological polar surface area (TPSA) is 82.5 Å². The predicted octanol–water partition coefficient (Wildman–Crippen LogP) is 5.64. The van der Waals surface area contributed by atoms with Crippen molar-refractivity contribution < 1.29 is 19.1 Å². The Hall–Kier alpha value is -2.84. The number of ether oxygens (including phenoxy) is 2. The summed E-state index contributed by atoms with van der Waals surface area (Å²) < 4.78 is 12.6. The van der Waals surface area contributed by atoms with E-state index < -0.39 is 0 Å². The maximum Gasteiger partial charge on any atom is 0.341 e. The van der Waals surface area contributed by atoms with Gasteiger partial charge in [-0.05, 0) is 68.4 Å². The number of amides is 1. The number of benzene rings is 1. The zero-order valence-electron chi connectivity index (χ0n) is 18.7. The molecule has 0 unspecified atom stereocenters. The molecule has 1 N–H and O–H groups in total. The summed E-state index contributed by atoms with van der Waals surface area (Å²) in [6.07, 6.45) is 6.25. The van der Waals surface area contributed by atoms with Crippen molar-refractivity contribution in [2.45, 2.75) is 52.7 Å². The van der Waals surface area contributed by atoms with Gasteiger partial charge in [-0.25, -0.2) is 9.48 Å². The third-order valence-electron chi connectivity index (χ3n) is 5.35. The van der Waals surface area contributed by atoms with Crippen LogP contribution < -0.4 is 10.1 Å². The van der Waals surface area contributed by atoms with Gasteiger partial charge in [0.1, 0.15) is 10.8 Å². The van der Waals surface area contributed by atoms with E-state index in [0.29, 0.717) is 27.9 Å². The minimum atomic E-state index is -0.384. The Morgan fingerprint density at radius 3 is 2.88 bits per heavy atom. The highest BCUT2D eigenvalue weighted by molar-refractivity contribution is 7.17. The molecule has 0 atom stereocenters. The lowest BCUT2D eigenvalue weighted by atomic mass is 9.95. The van der Waals surface area contributed by atoms with E-state index in [1.165, 1.54) is 16.0 Å². The van der Waals surface area contributed by atoms with Crippen LogP contribution in [0.1, 0.15) is 63.0 Å². The molecule has 1 aliphatic rings. The predicted molar refractivity (Wildman–Crippen MR) is 129 cm³/mol. The average molecular weight is 488 g/mol. The molecular weight excluding hydrogens is 462 g/mol. The van der Waals surface area contributed by atoms with Gasteiger partial charge in [0.15, 0.2) is 12.4 Å². The Morgan fingerprint density at radius 2 is 2.06 bits per heavy atom. The van der Waals surface area contributed by atoms with Gasteiger partial charge in [0.2, 0.25) is 0 Å². The zero-order valence-corrected chi connectivity index (χ0v) is 20.2. The summed E-state index contributed by atoms with van der Waals surface area (Å²) in [7, 11) is 0. The SMILES string of the molecule is CCCOC(=O)c1c(NC(=O)c2ccn(COc3cc(C)ccc3Cl)n2)sc2c1CCCC2. The number of aromatic nitrogens is 2. The van der Waals surface area contributed by atoms with Crippen molar-refractivity contribution in [1.29, 1.82) is 0 Å². The summed E-state index contributed by atoms with van der Waals surface area (Å²) in [5.41, 5.74) is 2.76. The molecular formula is C24H26ClN3O4S. The number of fused-ring (bicyclic) bond motifs is 1. The minimum Gasteiger partial charge on any atom is -0.470 e. The van der Waals surface area contributed by atoms with Gasteiger partial charge in [-0.2, -0.15) is 5.10 Å². The zero-order chi connectivity index (χ0) is 23.4. The first-order valence-corrected chi connectivity index (χ1v) is 12.2. The van der Waals surface area contributed by atoms with Crippen LogP contribution >= 0.6 is 22.9 Å². The largest absolute Gasteiger partial charge is 0.470 e. The number of aryl methyl sites for hydroxylation is 2. The van der Waals surface area contributed by atoms with Crippen LogP contribution in [0.5, 0.6) is 5.75 Å². The first kappa shape index (κ1) is 23.3. The molecule has 1 amide bonds. The van der Waals surface area contributed by atoms with E-state index in [1.807, 2.05) is 26.0 Å². The molecule has 3 aromatic rings. The van der Waals surface area contributed by atoms with Crippen LogP contribution in [0.4, 0.5) is 5.00 Å². The van der Waals surface area contributed by atoms with E-state index in [1.54, 1.807) is 18.3 Å². The van der Waals surface area contributed by atoms with Crippen LogP contribution in [0.2, 0.25) is 5.02 Å². The quantitative estimate of drug-likeness (QED) is 0.416. The highest BCUT2D eigenvalue weighted by atomic mass is 35.5. The number of anilines is 1. The van der Waals surface area contributed by atoms with Gasteiger partial charge in [-0.15, -0.1) is 11.3 Å². The monoisotopic (exact) mass is 487 g/mol. The van der Waals surface area contributed by atoms with Crippen molar-refractivity contribution >= 4 is 39.8 Å². The molecule has 2 heterocycles. The second-order valence-electron chi connectivity index (χ2n) is 7.95. The Morgan fingerprint density at radius 1 is 1.24 bits per heavy atom. The van der Waals surface area contributed by atoms with Crippen LogP contribution in [0.3, 0.4) is 0 Å². The Balaban J connectivity index is 1.47. The van der Waals surface area contributed by atoms with Crippen LogP contribution in [0, 0.1) is 6.92 Å². The molecule has 7 nitrogen and oxygen atoms in total. The number of carbonyl (C=O) groups excluding carboxylic acids is 2.